The highest BCUT2D eigenvalue weighted by molar-refractivity contribution is 9.10. The molecule has 0 aliphatic heterocycles. The van der Waals surface area contributed by atoms with Crippen LogP contribution in [-0.2, 0) is 11.3 Å². The Morgan fingerprint density at radius 3 is 2.81 bits per heavy atom. The molecule has 0 aliphatic carbocycles. The van der Waals surface area contributed by atoms with Gasteiger partial charge in [-0.3, -0.25) is 9.69 Å². The summed E-state index contributed by atoms with van der Waals surface area (Å²) in [7, 11) is 0. The lowest BCUT2D eigenvalue weighted by atomic mass is 10.2. The second-order valence-electron chi connectivity index (χ2n) is 4.49. The number of carbonyl (C=O) groups is 1. The zero-order valence-electron chi connectivity index (χ0n) is 11.6. The van der Waals surface area contributed by atoms with Crippen LogP contribution in [0, 0.1) is 0 Å². The number of nitrogens with zero attached hydrogens (tertiary/aromatic N) is 3. The number of halogens is 1. The molecule has 0 unspecified atom stereocenters. The van der Waals surface area contributed by atoms with Gasteiger partial charge in [-0.15, -0.1) is 10.2 Å². The maximum absolute atomic E-state index is 10.6. The molecule has 0 aliphatic rings. The van der Waals surface area contributed by atoms with Crippen molar-refractivity contribution >= 4 is 21.9 Å². The molecule has 1 N–H and O–H groups in total. The number of hydrogen-bond donors (Lipinski definition) is 1. The van der Waals surface area contributed by atoms with Crippen LogP contribution >= 0.6 is 15.9 Å². The molecule has 2 rings (SSSR count). The van der Waals surface area contributed by atoms with Crippen LogP contribution in [0.25, 0.3) is 11.5 Å². The first-order valence-electron chi connectivity index (χ1n) is 6.61. The molecule has 2 aromatic rings. The summed E-state index contributed by atoms with van der Waals surface area (Å²) >= 11 is 3.44. The Balaban J connectivity index is 2.06. The molecule has 1 aromatic heterocycles. The first-order valence-corrected chi connectivity index (χ1v) is 7.41. The fourth-order valence-electron chi connectivity index (χ4n) is 1.86. The molecule has 0 radical (unpaired) electrons. The molecule has 6 nitrogen and oxygen atoms in total. The van der Waals surface area contributed by atoms with Crippen molar-refractivity contribution in [2.24, 2.45) is 0 Å². The van der Waals surface area contributed by atoms with E-state index in [1.807, 2.05) is 36.1 Å². The van der Waals surface area contributed by atoms with E-state index in [2.05, 4.69) is 26.1 Å². The average molecular weight is 354 g/mol. The zero-order valence-corrected chi connectivity index (χ0v) is 13.2. The summed E-state index contributed by atoms with van der Waals surface area (Å²) in [6.45, 7) is 3.59. The molecule has 0 saturated heterocycles. The largest absolute Gasteiger partial charge is 0.481 e. The lowest BCUT2D eigenvalue weighted by Gasteiger charge is -2.16. The number of carboxylic acid groups (broad SMARTS) is 1. The van der Waals surface area contributed by atoms with Gasteiger partial charge in [0, 0.05) is 11.0 Å². The molecule has 0 bridgehead atoms. The monoisotopic (exact) mass is 353 g/mol. The maximum atomic E-state index is 10.6. The van der Waals surface area contributed by atoms with E-state index in [0.29, 0.717) is 24.9 Å². The number of rotatable bonds is 7. The summed E-state index contributed by atoms with van der Waals surface area (Å²) in [6.07, 6.45) is 0.0963. The van der Waals surface area contributed by atoms with Crippen molar-refractivity contribution < 1.29 is 14.3 Å². The summed E-state index contributed by atoms with van der Waals surface area (Å²) < 4.78 is 6.54. The predicted molar refractivity (Wildman–Crippen MR) is 80.6 cm³/mol. The number of aliphatic carboxylic acids is 1. The van der Waals surface area contributed by atoms with Gasteiger partial charge in [0.15, 0.2) is 0 Å². The quantitative estimate of drug-likeness (QED) is 0.824. The number of carboxylic acids is 1. The minimum Gasteiger partial charge on any atom is -0.481 e. The van der Waals surface area contributed by atoms with Gasteiger partial charge in [0.25, 0.3) is 0 Å². The van der Waals surface area contributed by atoms with Crippen LogP contribution in [0.2, 0.25) is 0 Å². The minimum absolute atomic E-state index is 0.0963. The number of benzene rings is 1. The van der Waals surface area contributed by atoms with Crippen molar-refractivity contribution in [3.8, 4) is 11.5 Å². The highest BCUT2D eigenvalue weighted by Gasteiger charge is 2.14. The highest BCUT2D eigenvalue weighted by Crippen LogP contribution is 2.26. The third-order valence-corrected chi connectivity index (χ3v) is 3.71. The van der Waals surface area contributed by atoms with E-state index in [9.17, 15) is 4.79 Å². The van der Waals surface area contributed by atoms with E-state index in [1.54, 1.807) is 0 Å². The molecule has 21 heavy (non-hydrogen) atoms. The van der Waals surface area contributed by atoms with Crippen LogP contribution in [0.5, 0.6) is 0 Å². The first-order chi connectivity index (χ1) is 10.1. The lowest BCUT2D eigenvalue weighted by Crippen LogP contribution is -2.25. The molecule has 7 heteroatoms. The van der Waals surface area contributed by atoms with Crippen LogP contribution in [0.1, 0.15) is 19.2 Å². The molecule has 0 atom stereocenters. The van der Waals surface area contributed by atoms with Crippen molar-refractivity contribution in [1.82, 2.24) is 15.1 Å². The Hall–Kier alpha value is -1.73. The molecular formula is C14H16BrN3O3. The van der Waals surface area contributed by atoms with E-state index in [0.717, 1.165) is 16.6 Å². The summed E-state index contributed by atoms with van der Waals surface area (Å²) in [5.74, 6) is 0.118. The Morgan fingerprint density at radius 2 is 2.14 bits per heavy atom. The summed E-state index contributed by atoms with van der Waals surface area (Å²) in [4.78, 5) is 12.6. The van der Waals surface area contributed by atoms with Crippen LogP contribution in [0.15, 0.2) is 33.2 Å². The van der Waals surface area contributed by atoms with Crippen molar-refractivity contribution in [1.29, 1.82) is 0 Å². The second kappa shape index (κ2) is 7.33. The third kappa shape index (κ3) is 4.37. The average Bonchev–Trinajstić information content (AvgIpc) is 2.92. The van der Waals surface area contributed by atoms with E-state index >= 15 is 0 Å². The molecule has 0 spiro atoms. The Kier molecular flexibility index (Phi) is 5.46. The lowest BCUT2D eigenvalue weighted by molar-refractivity contribution is -0.137. The molecule has 112 valence electrons. The van der Waals surface area contributed by atoms with Crippen molar-refractivity contribution in [2.45, 2.75) is 19.9 Å². The normalized spacial score (nSPS) is 11.0. The van der Waals surface area contributed by atoms with E-state index in [4.69, 9.17) is 9.52 Å². The number of hydrogen-bond acceptors (Lipinski definition) is 5. The summed E-state index contributed by atoms with van der Waals surface area (Å²) in [6, 6.07) is 7.61. The molecule has 0 amide bonds. The highest BCUT2D eigenvalue weighted by atomic mass is 79.9. The van der Waals surface area contributed by atoms with Crippen molar-refractivity contribution in [2.75, 3.05) is 13.1 Å². The van der Waals surface area contributed by atoms with E-state index in [1.165, 1.54) is 0 Å². The van der Waals surface area contributed by atoms with Crippen molar-refractivity contribution in [3.05, 3.63) is 34.6 Å². The van der Waals surface area contributed by atoms with Gasteiger partial charge in [0.2, 0.25) is 11.8 Å². The van der Waals surface area contributed by atoms with Crippen LogP contribution < -0.4 is 0 Å². The van der Waals surface area contributed by atoms with Gasteiger partial charge in [0.05, 0.1) is 18.5 Å². The van der Waals surface area contributed by atoms with Crippen LogP contribution in [0.3, 0.4) is 0 Å². The van der Waals surface area contributed by atoms with E-state index < -0.39 is 5.97 Å². The molecule has 0 fully saturated rings. The molecular weight excluding hydrogens is 338 g/mol. The smallest absolute Gasteiger partial charge is 0.304 e. The van der Waals surface area contributed by atoms with Gasteiger partial charge in [-0.05, 0) is 34.6 Å². The van der Waals surface area contributed by atoms with Crippen molar-refractivity contribution in [3.63, 3.8) is 0 Å². The van der Waals surface area contributed by atoms with Gasteiger partial charge < -0.3 is 9.52 Å². The van der Waals surface area contributed by atoms with Crippen LogP contribution in [0.4, 0.5) is 0 Å². The van der Waals surface area contributed by atoms with E-state index in [-0.39, 0.29) is 6.42 Å². The SMILES string of the molecule is CCN(CCC(=O)O)Cc1nnc(-c2ccccc2Br)o1. The molecule has 1 heterocycles. The second-order valence-corrected chi connectivity index (χ2v) is 5.35. The molecule has 1 aromatic carbocycles. The predicted octanol–water partition coefficient (Wildman–Crippen LogP) is 2.80. The standard InChI is InChI=1S/C14H16BrN3O3/c1-2-18(8-7-13(19)20)9-12-16-17-14(21-12)10-5-3-4-6-11(10)15/h3-6H,2,7-9H2,1H3,(H,19,20). The fourth-order valence-corrected chi connectivity index (χ4v) is 2.31. The fraction of sp³-hybridized carbons (Fsp3) is 0.357. The Morgan fingerprint density at radius 1 is 1.38 bits per heavy atom. The topological polar surface area (TPSA) is 79.5 Å². The Bertz CT molecular complexity index is 615. The van der Waals surface area contributed by atoms with Gasteiger partial charge in [-0.25, -0.2) is 0 Å². The minimum atomic E-state index is -0.812. The van der Waals surface area contributed by atoms with Gasteiger partial charge in [0.1, 0.15) is 0 Å². The third-order valence-electron chi connectivity index (χ3n) is 3.02. The van der Waals surface area contributed by atoms with Gasteiger partial charge in [-0.1, -0.05) is 19.1 Å². The summed E-state index contributed by atoms with van der Waals surface area (Å²) in [5.41, 5.74) is 0.838. The van der Waals surface area contributed by atoms with Gasteiger partial charge >= 0.3 is 5.97 Å². The zero-order chi connectivity index (χ0) is 15.2. The molecule has 0 saturated carbocycles. The maximum Gasteiger partial charge on any atom is 0.304 e. The number of aromatic nitrogens is 2. The van der Waals surface area contributed by atoms with Crippen LogP contribution in [-0.4, -0.2) is 39.3 Å². The summed E-state index contributed by atoms with van der Waals surface area (Å²) in [5, 5.41) is 16.8. The first kappa shape index (κ1) is 15.7. The van der Waals surface area contributed by atoms with Gasteiger partial charge in [-0.2, -0.15) is 0 Å². The Labute approximate surface area is 130 Å².